The third-order valence-corrected chi connectivity index (χ3v) is 6.67. The Morgan fingerprint density at radius 2 is 1.78 bits per heavy atom. The van der Waals surface area contributed by atoms with Crippen LogP contribution in [0.5, 0.6) is 5.75 Å². The van der Waals surface area contributed by atoms with E-state index in [1.807, 2.05) is 19.1 Å². The maximum absolute atomic E-state index is 12.2. The van der Waals surface area contributed by atoms with Crippen LogP contribution in [0.3, 0.4) is 0 Å². The van der Waals surface area contributed by atoms with E-state index < -0.39 is 5.60 Å². The number of aliphatic hydroxyl groups is 1. The molecule has 0 atom stereocenters. The summed E-state index contributed by atoms with van der Waals surface area (Å²) in [5, 5.41) is 26.1. The predicted octanol–water partition coefficient (Wildman–Crippen LogP) is 2.06. The fourth-order valence-corrected chi connectivity index (χ4v) is 4.74. The fraction of sp³-hybridized carbons (Fsp3) is 0.440. The van der Waals surface area contributed by atoms with E-state index in [1.54, 1.807) is 36.4 Å². The van der Waals surface area contributed by atoms with Gasteiger partial charge < -0.3 is 20.8 Å². The molecule has 2 fully saturated rings. The second-order valence-corrected chi connectivity index (χ2v) is 9.08. The highest BCUT2D eigenvalue weighted by Crippen LogP contribution is 2.39. The number of likely N-dealkylation sites (tertiary alicyclic amines) is 1. The number of amides is 2. The molecule has 1 saturated carbocycles. The maximum atomic E-state index is 12.2. The van der Waals surface area contributed by atoms with Crippen LogP contribution in [-0.4, -0.2) is 58.6 Å². The molecule has 1 saturated heterocycles. The molecule has 1 aliphatic carbocycles. The lowest BCUT2D eigenvalue weighted by molar-refractivity contribution is -0.122. The first kappa shape index (κ1) is 22.3. The van der Waals surface area contributed by atoms with Gasteiger partial charge in [-0.2, -0.15) is 0 Å². The molecule has 1 heterocycles. The molecule has 0 radical (unpaired) electrons. The molecule has 7 heteroatoms. The molecule has 2 amide bonds. The molecular formula is C25H31N3O4. The number of phenolic OH excluding ortho intramolecular Hbond substituents is 1. The number of phenols is 1. The predicted molar refractivity (Wildman–Crippen MR) is 121 cm³/mol. The van der Waals surface area contributed by atoms with Gasteiger partial charge in [0, 0.05) is 24.7 Å². The van der Waals surface area contributed by atoms with Crippen molar-refractivity contribution in [3.8, 4) is 5.75 Å². The Morgan fingerprint density at radius 3 is 2.44 bits per heavy atom. The maximum Gasteiger partial charge on any atom is 0.251 e. The number of benzene rings is 2. The lowest BCUT2D eigenvalue weighted by Gasteiger charge is -2.48. The zero-order chi connectivity index (χ0) is 22.7. The molecule has 32 heavy (non-hydrogen) atoms. The second kappa shape index (κ2) is 9.30. The summed E-state index contributed by atoms with van der Waals surface area (Å²) in [5.41, 5.74) is 1.58. The number of aryl methyl sites for hydroxylation is 1. The van der Waals surface area contributed by atoms with Crippen LogP contribution in [0.1, 0.15) is 47.2 Å². The van der Waals surface area contributed by atoms with E-state index in [2.05, 4.69) is 15.5 Å². The van der Waals surface area contributed by atoms with Gasteiger partial charge in [0.2, 0.25) is 5.91 Å². The average molecular weight is 438 g/mol. The molecule has 4 N–H and O–H groups in total. The average Bonchev–Trinajstić information content (AvgIpc) is 2.75. The van der Waals surface area contributed by atoms with Crippen molar-refractivity contribution >= 4 is 11.8 Å². The molecule has 2 aromatic carbocycles. The van der Waals surface area contributed by atoms with Crippen molar-refractivity contribution in [2.75, 3.05) is 19.6 Å². The highest BCUT2D eigenvalue weighted by atomic mass is 16.3. The molecule has 0 unspecified atom stereocenters. The number of carbonyl (C=O) groups is 2. The minimum absolute atomic E-state index is 0.0354. The smallest absolute Gasteiger partial charge is 0.251 e. The highest BCUT2D eigenvalue weighted by Gasteiger charge is 2.40. The molecule has 1 aliphatic heterocycles. The van der Waals surface area contributed by atoms with Crippen molar-refractivity contribution in [1.82, 2.24) is 15.5 Å². The van der Waals surface area contributed by atoms with E-state index in [-0.39, 0.29) is 30.2 Å². The van der Waals surface area contributed by atoms with Crippen LogP contribution in [0, 0.1) is 6.92 Å². The summed E-state index contributed by atoms with van der Waals surface area (Å²) < 4.78 is 0. The van der Waals surface area contributed by atoms with E-state index >= 15 is 0 Å². The molecule has 2 aromatic rings. The monoisotopic (exact) mass is 437 g/mol. The van der Waals surface area contributed by atoms with E-state index in [9.17, 15) is 19.8 Å². The Bertz CT molecular complexity index is 961. The summed E-state index contributed by atoms with van der Waals surface area (Å²) in [6.45, 7) is 3.47. The van der Waals surface area contributed by atoms with Crippen LogP contribution >= 0.6 is 0 Å². The number of carbonyl (C=O) groups excluding carboxylic acids is 2. The summed E-state index contributed by atoms with van der Waals surface area (Å²) in [4.78, 5) is 26.7. The highest BCUT2D eigenvalue weighted by molar-refractivity contribution is 5.96. The third kappa shape index (κ3) is 5.11. The first-order valence-electron chi connectivity index (χ1n) is 11.2. The number of hydrogen-bond acceptors (Lipinski definition) is 5. The summed E-state index contributed by atoms with van der Waals surface area (Å²) in [6, 6.07) is 14.6. The quantitative estimate of drug-likeness (QED) is 0.554. The van der Waals surface area contributed by atoms with Crippen molar-refractivity contribution in [1.29, 1.82) is 0 Å². The Labute approximate surface area is 188 Å². The largest absolute Gasteiger partial charge is 0.508 e. The number of hydrogen-bond donors (Lipinski definition) is 4. The molecule has 0 spiro atoms. The SMILES string of the molecule is Cc1cccc(C(=O)NCC(=O)NC2CN(C3CCC(O)(c4ccc(O)cc4)CC3)C2)c1. The van der Waals surface area contributed by atoms with Crippen molar-refractivity contribution < 1.29 is 19.8 Å². The van der Waals surface area contributed by atoms with Crippen molar-refractivity contribution in [3.63, 3.8) is 0 Å². The van der Waals surface area contributed by atoms with E-state index in [0.717, 1.165) is 37.1 Å². The summed E-state index contributed by atoms with van der Waals surface area (Å²) in [5.74, 6) is -0.224. The zero-order valence-electron chi connectivity index (χ0n) is 18.4. The Balaban J connectivity index is 1.17. The van der Waals surface area contributed by atoms with Gasteiger partial charge in [0.15, 0.2) is 0 Å². The first-order chi connectivity index (χ1) is 15.3. The van der Waals surface area contributed by atoms with Crippen LogP contribution in [0.25, 0.3) is 0 Å². The molecule has 0 aromatic heterocycles. The third-order valence-electron chi connectivity index (χ3n) is 6.67. The molecule has 0 bridgehead atoms. The number of nitrogens with zero attached hydrogens (tertiary/aromatic N) is 1. The van der Waals surface area contributed by atoms with E-state index in [1.165, 1.54) is 0 Å². The van der Waals surface area contributed by atoms with Crippen molar-refractivity contribution in [3.05, 3.63) is 65.2 Å². The normalized spacial score (nSPS) is 23.9. The van der Waals surface area contributed by atoms with Gasteiger partial charge in [0.25, 0.3) is 5.91 Å². The number of rotatable bonds is 6. The second-order valence-electron chi connectivity index (χ2n) is 9.08. The fourth-order valence-electron chi connectivity index (χ4n) is 4.74. The minimum Gasteiger partial charge on any atom is -0.508 e. The Hall–Kier alpha value is -2.90. The van der Waals surface area contributed by atoms with Crippen LogP contribution in [0.2, 0.25) is 0 Å². The van der Waals surface area contributed by atoms with E-state index in [4.69, 9.17) is 0 Å². The van der Waals surface area contributed by atoms with Crippen molar-refractivity contribution in [2.24, 2.45) is 0 Å². The van der Waals surface area contributed by atoms with Gasteiger partial charge in [-0.3, -0.25) is 14.5 Å². The molecular weight excluding hydrogens is 406 g/mol. The van der Waals surface area contributed by atoms with Gasteiger partial charge in [0.05, 0.1) is 18.2 Å². The van der Waals surface area contributed by atoms with Gasteiger partial charge in [-0.1, -0.05) is 29.8 Å². The lowest BCUT2D eigenvalue weighted by Crippen LogP contribution is -2.63. The first-order valence-corrected chi connectivity index (χ1v) is 11.2. The van der Waals surface area contributed by atoms with Gasteiger partial charge in [-0.05, 0) is 62.4 Å². The minimum atomic E-state index is -0.835. The van der Waals surface area contributed by atoms with Gasteiger partial charge in [-0.15, -0.1) is 0 Å². The molecule has 4 rings (SSSR count). The summed E-state index contributed by atoms with van der Waals surface area (Å²) >= 11 is 0. The Kier molecular flexibility index (Phi) is 6.48. The number of nitrogens with one attached hydrogen (secondary N) is 2. The summed E-state index contributed by atoms with van der Waals surface area (Å²) in [6.07, 6.45) is 3.15. The molecule has 170 valence electrons. The lowest BCUT2D eigenvalue weighted by atomic mass is 9.76. The van der Waals surface area contributed by atoms with Crippen LogP contribution in [0.4, 0.5) is 0 Å². The Morgan fingerprint density at radius 1 is 1.09 bits per heavy atom. The van der Waals surface area contributed by atoms with Gasteiger partial charge >= 0.3 is 0 Å². The van der Waals surface area contributed by atoms with Crippen LogP contribution < -0.4 is 10.6 Å². The van der Waals surface area contributed by atoms with Crippen LogP contribution in [-0.2, 0) is 10.4 Å². The number of aromatic hydroxyl groups is 1. The van der Waals surface area contributed by atoms with Crippen molar-refractivity contribution in [2.45, 2.75) is 50.3 Å². The standard InChI is InChI=1S/C25H31N3O4/c1-17-3-2-4-18(13-17)24(31)26-14-23(30)27-20-15-28(16-20)21-9-11-25(32,12-10-21)19-5-7-22(29)8-6-19/h2-8,13,20-21,29,32H,9-12,14-16H2,1H3,(H,26,31)(H,27,30). The van der Waals surface area contributed by atoms with Gasteiger partial charge in [-0.25, -0.2) is 0 Å². The topological polar surface area (TPSA) is 102 Å². The molecule has 2 aliphatic rings. The van der Waals surface area contributed by atoms with E-state index in [0.29, 0.717) is 24.4 Å². The molecule has 7 nitrogen and oxygen atoms in total. The summed E-state index contributed by atoms with van der Waals surface area (Å²) in [7, 11) is 0. The zero-order valence-corrected chi connectivity index (χ0v) is 18.4. The van der Waals surface area contributed by atoms with Gasteiger partial charge in [0.1, 0.15) is 5.75 Å². The van der Waals surface area contributed by atoms with Crippen LogP contribution in [0.15, 0.2) is 48.5 Å².